The fourth-order valence-corrected chi connectivity index (χ4v) is 4.80. The van der Waals surface area contributed by atoms with Gasteiger partial charge < -0.3 is 10.2 Å². The Morgan fingerprint density at radius 1 is 1.35 bits per heavy atom. The molecule has 1 N–H and O–H groups in total. The highest BCUT2D eigenvalue weighted by atomic mass is 32.1. The summed E-state index contributed by atoms with van der Waals surface area (Å²) in [4.78, 5) is 34.2. The first kappa shape index (κ1) is 14.8. The Morgan fingerprint density at radius 3 is 3.09 bits per heavy atom. The Balaban J connectivity index is 1.41. The van der Waals surface area contributed by atoms with Gasteiger partial charge in [-0.2, -0.15) is 0 Å². The van der Waals surface area contributed by atoms with E-state index in [1.807, 2.05) is 12.3 Å². The predicted molar refractivity (Wildman–Crippen MR) is 89.2 cm³/mol. The fourth-order valence-electron chi connectivity index (χ4n) is 3.04. The Hall–Kier alpha value is -1.77. The van der Waals surface area contributed by atoms with E-state index in [4.69, 9.17) is 0 Å². The normalized spacial score (nSPS) is 22.1. The molecule has 0 bridgehead atoms. The molecule has 2 aromatic heterocycles. The number of thiazole rings is 1. The Bertz CT molecular complexity index is 728. The number of aromatic nitrogens is 1. The molecule has 6 nitrogen and oxygen atoms in total. The zero-order chi connectivity index (χ0) is 15.8. The Labute approximate surface area is 141 Å². The number of piperazine rings is 2. The van der Waals surface area contributed by atoms with Crippen LogP contribution in [-0.2, 0) is 16.1 Å². The van der Waals surface area contributed by atoms with Crippen LogP contribution < -0.4 is 5.32 Å². The van der Waals surface area contributed by atoms with Crippen LogP contribution in [0.2, 0.25) is 0 Å². The van der Waals surface area contributed by atoms with Crippen molar-refractivity contribution in [1.29, 1.82) is 0 Å². The largest absolute Gasteiger partial charge is 0.346 e. The Morgan fingerprint density at radius 2 is 2.26 bits per heavy atom. The molecule has 4 heterocycles. The van der Waals surface area contributed by atoms with E-state index in [2.05, 4.69) is 26.6 Å². The average Bonchev–Trinajstić information content (AvgIpc) is 3.22. The van der Waals surface area contributed by atoms with Crippen LogP contribution in [0.1, 0.15) is 4.88 Å². The quantitative estimate of drug-likeness (QED) is 0.841. The summed E-state index contributed by atoms with van der Waals surface area (Å²) < 4.78 is 0. The van der Waals surface area contributed by atoms with E-state index in [-0.39, 0.29) is 6.04 Å². The fraction of sp³-hybridized carbons (Fsp3) is 0.400. The van der Waals surface area contributed by atoms with Crippen LogP contribution in [0.15, 0.2) is 23.7 Å². The van der Waals surface area contributed by atoms with Crippen molar-refractivity contribution in [3.05, 3.63) is 28.6 Å². The average molecular weight is 348 g/mol. The highest BCUT2D eigenvalue weighted by Crippen LogP contribution is 2.29. The number of thiophene rings is 1. The molecule has 2 aliphatic heterocycles. The Kier molecular flexibility index (Phi) is 3.88. The van der Waals surface area contributed by atoms with Crippen LogP contribution >= 0.6 is 22.7 Å². The molecule has 1 unspecified atom stereocenters. The third-order valence-corrected chi connectivity index (χ3v) is 6.21. The minimum absolute atomic E-state index is 0.0821. The molecule has 0 aliphatic carbocycles. The molecule has 0 radical (unpaired) electrons. The molecular weight excluding hydrogens is 332 g/mol. The van der Waals surface area contributed by atoms with Crippen molar-refractivity contribution in [2.45, 2.75) is 12.6 Å². The van der Waals surface area contributed by atoms with Crippen LogP contribution in [0.5, 0.6) is 0 Å². The number of carbonyl (C=O) groups excluding carboxylic acids is 2. The summed E-state index contributed by atoms with van der Waals surface area (Å²) in [5.41, 5.74) is 0. The van der Waals surface area contributed by atoms with Crippen molar-refractivity contribution in [1.82, 2.24) is 20.1 Å². The van der Waals surface area contributed by atoms with Gasteiger partial charge in [0.1, 0.15) is 5.01 Å². The third kappa shape index (κ3) is 2.89. The SMILES string of the molecule is O=C1NCC2CN(Cc3cnc(-c4cccs4)s3)CCN2C1=O. The molecule has 1 atom stereocenters. The number of amides is 2. The summed E-state index contributed by atoms with van der Waals surface area (Å²) in [5, 5.41) is 5.80. The maximum Gasteiger partial charge on any atom is 0.312 e. The molecule has 0 aromatic carbocycles. The monoisotopic (exact) mass is 348 g/mol. The third-order valence-electron chi connectivity index (χ3n) is 4.19. The van der Waals surface area contributed by atoms with Gasteiger partial charge in [0.25, 0.3) is 0 Å². The minimum Gasteiger partial charge on any atom is -0.346 e. The first-order chi connectivity index (χ1) is 11.2. The first-order valence-corrected chi connectivity index (χ1v) is 9.20. The topological polar surface area (TPSA) is 65.5 Å². The van der Waals surface area contributed by atoms with Gasteiger partial charge in [-0.3, -0.25) is 14.5 Å². The van der Waals surface area contributed by atoms with Gasteiger partial charge in [0.15, 0.2) is 0 Å². The van der Waals surface area contributed by atoms with Gasteiger partial charge in [-0.1, -0.05) is 6.07 Å². The van der Waals surface area contributed by atoms with E-state index in [0.29, 0.717) is 13.1 Å². The van der Waals surface area contributed by atoms with Gasteiger partial charge in [0, 0.05) is 43.8 Å². The summed E-state index contributed by atoms with van der Waals surface area (Å²) in [5.74, 6) is -0.864. The molecule has 4 rings (SSSR count). The van der Waals surface area contributed by atoms with Crippen LogP contribution in [0.3, 0.4) is 0 Å². The standard InChI is InChI=1S/C15H16N4O2S2/c20-13-15(21)19-4-3-18(8-10(19)6-16-13)9-11-7-17-14(23-11)12-2-1-5-22-12/h1-2,5,7,10H,3-4,6,8-9H2,(H,16,20). The molecule has 0 saturated carbocycles. The molecule has 0 spiro atoms. The summed E-state index contributed by atoms with van der Waals surface area (Å²) in [6.45, 7) is 3.59. The predicted octanol–water partition coefficient (Wildman–Crippen LogP) is 1.01. The van der Waals surface area contributed by atoms with Gasteiger partial charge in [0.05, 0.1) is 10.9 Å². The van der Waals surface area contributed by atoms with E-state index in [1.165, 1.54) is 9.75 Å². The number of nitrogens with one attached hydrogen (secondary N) is 1. The lowest BCUT2D eigenvalue weighted by Crippen LogP contribution is -2.65. The smallest absolute Gasteiger partial charge is 0.312 e. The second-order valence-electron chi connectivity index (χ2n) is 5.71. The van der Waals surface area contributed by atoms with Crippen molar-refractivity contribution in [3.8, 4) is 9.88 Å². The van der Waals surface area contributed by atoms with Crippen molar-refractivity contribution >= 4 is 34.5 Å². The van der Waals surface area contributed by atoms with Gasteiger partial charge >= 0.3 is 11.8 Å². The van der Waals surface area contributed by atoms with E-state index < -0.39 is 11.8 Å². The number of hydrogen-bond acceptors (Lipinski definition) is 6. The van der Waals surface area contributed by atoms with Crippen molar-refractivity contribution < 1.29 is 9.59 Å². The molecule has 2 aromatic rings. The van der Waals surface area contributed by atoms with E-state index in [0.717, 1.165) is 24.6 Å². The molecule has 2 fully saturated rings. The zero-order valence-corrected chi connectivity index (χ0v) is 14.0. The van der Waals surface area contributed by atoms with Gasteiger partial charge in [-0.25, -0.2) is 4.98 Å². The minimum atomic E-state index is -0.474. The second-order valence-corrected chi connectivity index (χ2v) is 7.77. The summed E-state index contributed by atoms with van der Waals surface area (Å²) in [7, 11) is 0. The molecule has 120 valence electrons. The highest BCUT2D eigenvalue weighted by molar-refractivity contribution is 7.20. The molecule has 2 amide bonds. The molecule has 23 heavy (non-hydrogen) atoms. The summed E-state index contributed by atoms with van der Waals surface area (Å²) in [6, 6.07) is 4.20. The van der Waals surface area contributed by atoms with Crippen molar-refractivity contribution in [2.24, 2.45) is 0 Å². The number of fused-ring (bicyclic) bond motifs is 1. The molecule has 2 saturated heterocycles. The van der Waals surface area contributed by atoms with Gasteiger partial charge in [-0.15, -0.1) is 22.7 Å². The van der Waals surface area contributed by atoms with Crippen LogP contribution in [0.25, 0.3) is 9.88 Å². The van der Waals surface area contributed by atoms with Crippen molar-refractivity contribution in [2.75, 3.05) is 26.2 Å². The first-order valence-electron chi connectivity index (χ1n) is 7.50. The zero-order valence-electron chi connectivity index (χ0n) is 12.4. The summed E-state index contributed by atoms with van der Waals surface area (Å²) >= 11 is 3.42. The number of rotatable bonds is 3. The number of nitrogens with zero attached hydrogens (tertiary/aromatic N) is 3. The lowest BCUT2D eigenvalue weighted by molar-refractivity contribution is -0.152. The second kappa shape index (κ2) is 6.03. The summed E-state index contributed by atoms with van der Waals surface area (Å²) in [6.07, 6.45) is 1.94. The lowest BCUT2D eigenvalue weighted by Gasteiger charge is -2.43. The highest BCUT2D eigenvalue weighted by Gasteiger charge is 2.37. The van der Waals surface area contributed by atoms with E-state index >= 15 is 0 Å². The molecule has 2 aliphatic rings. The van der Waals surface area contributed by atoms with Gasteiger partial charge in [-0.05, 0) is 11.4 Å². The van der Waals surface area contributed by atoms with E-state index in [1.54, 1.807) is 27.6 Å². The van der Waals surface area contributed by atoms with Crippen LogP contribution in [0.4, 0.5) is 0 Å². The number of carbonyl (C=O) groups is 2. The lowest BCUT2D eigenvalue weighted by atomic mass is 10.1. The maximum absolute atomic E-state index is 11.8. The van der Waals surface area contributed by atoms with E-state index in [9.17, 15) is 9.59 Å². The van der Waals surface area contributed by atoms with Crippen LogP contribution in [-0.4, -0.2) is 58.8 Å². The maximum atomic E-state index is 11.8. The van der Waals surface area contributed by atoms with Crippen molar-refractivity contribution in [3.63, 3.8) is 0 Å². The van der Waals surface area contributed by atoms with Crippen LogP contribution in [0, 0.1) is 0 Å². The number of hydrogen-bond donors (Lipinski definition) is 1. The molecular formula is C15H16N4O2S2. The van der Waals surface area contributed by atoms with Gasteiger partial charge in [0.2, 0.25) is 0 Å². The molecule has 8 heteroatoms.